The molecule has 1 amide bonds. The third-order valence-electron chi connectivity index (χ3n) is 3.36. The van der Waals surface area contributed by atoms with Gasteiger partial charge in [0.15, 0.2) is 0 Å². The maximum absolute atomic E-state index is 11.9. The van der Waals surface area contributed by atoms with Crippen molar-refractivity contribution < 1.29 is 14.5 Å². The zero-order valence-corrected chi connectivity index (χ0v) is 16.1. The molecule has 0 bridgehead atoms. The molecule has 0 aliphatic carbocycles. The first-order valence-electron chi connectivity index (χ1n) is 7.84. The number of carbonyl (C=O) groups is 1. The predicted octanol–water partition coefficient (Wildman–Crippen LogP) is 3.76. The average molecular weight is 414 g/mol. The summed E-state index contributed by atoms with van der Waals surface area (Å²) in [5, 5.41) is 13.2. The number of nitrogens with one attached hydrogen (secondary N) is 1. The van der Waals surface area contributed by atoms with Crippen LogP contribution in [0, 0.1) is 10.1 Å². The zero-order chi connectivity index (χ0) is 20.0. The second kappa shape index (κ2) is 9.45. The van der Waals surface area contributed by atoms with Gasteiger partial charge >= 0.3 is 0 Å². The van der Waals surface area contributed by atoms with Gasteiger partial charge in [0, 0.05) is 18.6 Å². The minimum atomic E-state index is -0.646. The summed E-state index contributed by atoms with van der Waals surface area (Å²) in [5.41, 5.74) is -0.331. The molecular weight excluding hydrogens is 397 g/mol. The van der Waals surface area contributed by atoms with Crippen LogP contribution in [0.5, 0.6) is 11.6 Å². The Morgan fingerprint density at radius 2 is 2.04 bits per heavy atom. The van der Waals surface area contributed by atoms with E-state index in [4.69, 9.17) is 27.9 Å². The molecule has 0 aliphatic heterocycles. The average Bonchev–Trinajstić information content (AvgIpc) is 2.58. The number of nitro groups is 1. The predicted molar refractivity (Wildman–Crippen MR) is 102 cm³/mol. The third kappa shape index (κ3) is 6.02. The molecule has 0 fully saturated rings. The SMILES string of the molecule is CN(C)CCCC(=O)Nc1cc(Oc2ccc([N+](=O)[O-])c(Cl)c2Cl)ncn1. The fourth-order valence-electron chi connectivity index (χ4n) is 2.08. The van der Waals surface area contributed by atoms with Crippen LogP contribution in [-0.2, 0) is 4.79 Å². The van der Waals surface area contributed by atoms with Crippen molar-refractivity contribution >= 4 is 40.6 Å². The monoisotopic (exact) mass is 413 g/mol. The second-order valence-electron chi connectivity index (χ2n) is 5.77. The van der Waals surface area contributed by atoms with Crippen molar-refractivity contribution in [3.8, 4) is 11.6 Å². The number of nitro benzene ring substituents is 1. The quantitative estimate of drug-likeness (QED) is 0.517. The Bertz CT molecular complexity index is 848. The highest BCUT2D eigenvalue weighted by Crippen LogP contribution is 2.40. The van der Waals surface area contributed by atoms with E-state index in [0.29, 0.717) is 12.8 Å². The van der Waals surface area contributed by atoms with Gasteiger partial charge in [0.05, 0.1) is 4.92 Å². The van der Waals surface area contributed by atoms with Gasteiger partial charge < -0.3 is 15.0 Å². The summed E-state index contributed by atoms with van der Waals surface area (Å²) < 4.78 is 5.51. The van der Waals surface area contributed by atoms with Crippen LogP contribution < -0.4 is 10.1 Å². The number of aromatic nitrogens is 2. The van der Waals surface area contributed by atoms with E-state index in [2.05, 4.69) is 15.3 Å². The van der Waals surface area contributed by atoms with E-state index in [-0.39, 0.29) is 39.1 Å². The maximum Gasteiger partial charge on any atom is 0.289 e. The summed E-state index contributed by atoms with van der Waals surface area (Å²) in [4.78, 5) is 32.0. The fraction of sp³-hybridized carbons (Fsp3) is 0.312. The zero-order valence-electron chi connectivity index (χ0n) is 14.6. The van der Waals surface area contributed by atoms with Crippen LogP contribution >= 0.6 is 23.2 Å². The molecule has 1 N–H and O–H groups in total. The number of benzene rings is 1. The summed E-state index contributed by atoms with van der Waals surface area (Å²) in [6, 6.07) is 3.90. The van der Waals surface area contributed by atoms with E-state index < -0.39 is 4.92 Å². The van der Waals surface area contributed by atoms with Gasteiger partial charge in [0.25, 0.3) is 5.69 Å². The molecule has 0 saturated heterocycles. The van der Waals surface area contributed by atoms with E-state index in [1.165, 1.54) is 24.5 Å². The first-order chi connectivity index (χ1) is 12.8. The van der Waals surface area contributed by atoms with Crippen LogP contribution in [-0.4, -0.2) is 46.3 Å². The number of nitrogens with zero attached hydrogens (tertiary/aromatic N) is 4. The van der Waals surface area contributed by atoms with Crippen molar-refractivity contribution in [2.75, 3.05) is 26.0 Å². The minimum absolute atomic E-state index is 0.0919. The lowest BCUT2D eigenvalue weighted by Gasteiger charge is -2.10. The molecule has 0 unspecified atom stereocenters. The smallest absolute Gasteiger partial charge is 0.289 e. The fourth-order valence-corrected chi connectivity index (χ4v) is 2.50. The maximum atomic E-state index is 11.9. The highest BCUT2D eigenvalue weighted by Gasteiger charge is 2.19. The molecule has 27 heavy (non-hydrogen) atoms. The lowest BCUT2D eigenvalue weighted by Crippen LogP contribution is -2.17. The van der Waals surface area contributed by atoms with Gasteiger partial charge in [-0.05, 0) is 33.1 Å². The van der Waals surface area contributed by atoms with Gasteiger partial charge in [-0.25, -0.2) is 9.97 Å². The molecule has 0 spiro atoms. The third-order valence-corrected chi connectivity index (χ3v) is 4.21. The molecule has 0 atom stereocenters. The molecule has 1 aromatic heterocycles. The number of rotatable bonds is 8. The van der Waals surface area contributed by atoms with Gasteiger partial charge in [-0.15, -0.1) is 0 Å². The van der Waals surface area contributed by atoms with Gasteiger partial charge in [-0.2, -0.15) is 0 Å². The van der Waals surface area contributed by atoms with Crippen LogP contribution in [0.3, 0.4) is 0 Å². The van der Waals surface area contributed by atoms with Crippen molar-refractivity contribution in [1.82, 2.24) is 14.9 Å². The number of amides is 1. The van der Waals surface area contributed by atoms with Crippen molar-refractivity contribution in [1.29, 1.82) is 0 Å². The van der Waals surface area contributed by atoms with Crippen molar-refractivity contribution in [3.63, 3.8) is 0 Å². The van der Waals surface area contributed by atoms with Crippen LogP contribution in [0.4, 0.5) is 11.5 Å². The molecule has 11 heteroatoms. The van der Waals surface area contributed by atoms with Crippen molar-refractivity contribution in [2.24, 2.45) is 0 Å². The van der Waals surface area contributed by atoms with E-state index >= 15 is 0 Å². The molecule has 2 aromatic rings. The second-order valence-corrected chi connectivity index (χ2v) is 6.52. The summed E-state index contributed by atoms with van der Waals surface area (Å²) >= 11 is 11.9. The Labute approximate surface area is 165 Å². The van der Waals surface area contributed by atoms with E-state index in [0.717, 1.165) is 6.54 Å². The number of carbonyl (C=O) groups excluding carboxylic acids is 1. The van der Waals surface area contributed by atoms with Crippen molar-refractivity contribution in [2.45, 2.75) is 12.8 Å². The topological polar surface area (TPSA) is 110 Å². The van der Waals surface area contributed by atoms with Gasteiger partial charge in [0.2, 0.25) is 11.8 Å². The van der Waals surface area contributed by atoms with Gasteiger partial charge in [-0.3, -0.25) is 14.9 Å². The van der Waals surface area contributed by atoms with Crippen molar-refractivity contribution in [3.05, 3.63) is 44.7 Å². The first-order valence-corrected chi connectivity index (χ1v) is 8.60. The van der Waals surface area contributed by atoms with Crippen LogP contribution in [0.1, 0.15) is 12.8 Å². The summed E-state index contributed by atoms with van der Waals surface area (Å²) in [6.07, 6.45) is 2.28. The minimum Gasteiger partial charge on any atom is -0.437 e. The summed E-state index contributed by atoms with van der Waals surface area (Å²) in [7, 11) is 3.86. The van der Waals surface area contributed by atoms with Crippen LogP contribution in [0.2, 0.25) is 10.0 Å². The van der Waals surface area contributed by atoms with Crippen LogP contribution in [0.15, 0.2) is 24.5 Å². The Balaban J connectivity index is 2.07. The Kier molecular flexibility index (Phi) is 7.28. The first kappa shape index (κ1) is 20.8. The Hall–Kier alpha value is -2.49. The molecule has 1 aromatic carbocycles. The highest BCUT2D eigenvalue weighted by molar-refractivity contribution is 6.44. The van der Waals surface area contributed by atoms with Gasteiger partial charge in [0.1, 0.15) is 27.9 Å². The summed E-state index contributed by atoms with van der Waals surface area (Å²) in [5.74, 6) is 0.270. The molecular formula is C16H17Cl2N5O4. The Morgan fingerprint density at radius 1 is 1.30 bits per heavy atom. The lowest BCUT2D eigenvalue weighted by molar-refractivity contribution is -0.384. The normalized spacial score (nSPS) is 10.7. The molecule has 0 radical (unpaired) electrons. The Morgan fingerprint density at radius 3 is 2.70 bits per heavy atom. The molecule has 1 heterocycles. The van der Waals surface area contributed by atoms with E-state index in [1.54, 1.807) is 0 Å². The standard InChI is InChI=1S/C16H17Cl2N5O4/c1-22(2)7-3-4-13(24)21-12-8-14(20-9-19-12)27-11-6-5-10(23(25)26)15(17)16(11)18/h5-6,8-9H,3-4,7H2,1-2H3,(H,19,20,21,24). The van der Waals surface area contributed by atoms with E-state index in [9.17, 15) is 14.9 Å². The van der Waals surface area contributed by atoms with E-state index in [1.807, 2.05) is 19.0 Å². The number of ether oxygens (including phenoxy) is 1. The molecule has 2 rings (SSSR count). The summed E-state index contributed by atoms with van der Waals surface area (Å²) in [6.45, 7) is 0.797. The number of hydrogen-bond donors (Lipinski definition) is 1. The molecule has 144 valence electrons. The number of hydrogen-bond acceptors (Lipinski definition) is 7. The van der Waals surface area contributed by atoms with Gasteiger partial charge in [-0.1, -0.05) is 23.2 Å². The largest absolute Gasteiger partial charge is 0.437 e. The molecule has 0 aliphatic rings. The number of anilines is 1. The molecule has 0 saturated carbocycles. The van der Waals surface area contributed by atoms with Crippen LogP contribution in [0.25, 0.3) is 0 Å². The number of halogens is 2. The highest BCUT2D eigenvalue weighted by atomic mass is 35.5. The molecule has 9 nitrogen and oxygen atoms in total. The lowest BCUT2D eigenvalue weighted by atomic mass is 10.3.